The molecule has 0 fully saturated rings. The summed E-state index contributed by atoms with van der Waals surface area (Å²) in [6, 6.07) is 0. The molecule has 0 nitrogen and oxygen atoms in total. The molecule has 0 aliphatic heterocycles. The third-order valence-electron chi connectivity index (χ3n) is 1.21. The molecule has 0 amide bonds. The Balaban J connectivity index is 4.77. The quantitative estimate of drug-likeness (QED) is 0.575. The van der Waals surface area contributed by atoms with Crippen LogP contribution in [0.25, 0.3) is 0 Å². The van der Waals surface area contributed by atoms with E-state index >= 15 is 0 Å². The van der Waals surface area contributed by atoms with Gasteiger partial charge in [-0.05, 0) is 0 Å². The lowest BCUT2D eigenvalue weighted by Gasteiger charge is -2.53. The second-order valence-electron chi connectivity index (χ2n) is 1.95. The van der Waals surface area contributed by atoms with Crippen molar-refractivity contribution >= 4 is 92.7 Å². The van der Waals surface area contributed by atoms with E-state index in [2.05, 4.69) is 62.5 Å². The molecule has 12 heavy (non-hydrogen) atoms. The maximum Gasteiger partial charge on any atom is -0.0713 e. The van der Waals surface area contributed by atoms with Crippen LogP contribution in [-0.2, 0) is 0 Å². The van der Waals surface area contributed by atoms with E-state index in [1.165, 1.54) is 8.27 Å². The largest absolute Gasteiger partial charge is 0.491 e. The Labute approximate surface area is 96.7 Å². The molecule has 0 rings (SSSR count). The first-order chi connectivity index (χ1) is 5.39. The highest BCUT2D eigenvalue weighted by Gasteiger charge is 2.30. The number of rotatable bonds is 4. The summed E-state index contributed by atoms with van der Waals surface area (Å²) in [5.41, 5.74) is 0. The SMILES string of the molecule is P[P-]C(P(P)P)(P(P)P)P(P)P. The second-order valence-corrected chi connectivity index (χ2v) is 25.6. The Morgan fingerprint density at radius 2 is 1.00 bits per heavy atom. The van der Waals surface area contributed by atoms with Crippen LogP contribution in [0.3, 0.4) is 0 Å². The van der Waals surface area contributed by atoms with Crippen molar-refractivity contribution < 1.29 is 0 Å². The molecule has 0 spiro atoms. The maximum atomic E-state index is 2.97. The fourth-order valence-corrected chi connectivity index (χ4v) is 48.6. The highest BCUT2D eigenvalue weighted by atomic mass is 32.5. The first kappa shape index (κ1) is 16.7. The van der Waals surface area contributed by atoms with Gasteiger partial charge in [0.2, 0.25) is 0 Å². The second kappa shape index (κ2) is 7.94. The fraction of sp³-hybridized carbons (Fsp3) is 1.00. The summed E-state index contributed by atoms with van der Waals surface area (Å²) in [5, 5.41) is 0. The third-order valence-corrected chi connectivity index (χ3v) is 32.7. The molecule has 0 aliphatic carbocycles. The van der Waals surface area contributed by atoms with Crippen LogP contribution in [0.1, 0.15) is 0 Å². The van der Waals surface area contributed by atoms with E-state index in [0.29, 0.717) is 4.38 Å². The number of hydrogen-bond donors (Lipinski definition) is 0. The van der Waals surface area contributed by atoms with Crippen molar-refractivity contribution in [3.8, 4) is 0 Å². The lowest BCUT2D eigenvalue weighted by molar-refractivity contribution is 1.88. The molecule has 11 heteroatoms. The van der Waals surface area contributed by atoms with E-state index in [9.17, 15) is 0 Å². The van der Waals surface area contributed by atoms with E-state index in [4.69, 9.17) is 0 Å². The van der Waals surface area contributed by atoms with Gasteiger partial charge < -0.3 is 8.27 Å². The fourth-order valence-electron chi connectivity index (χ4n) is 0.600. The molecule has 0 bridgehead atoms. The van der Waals surface area contributed by atoms with Gasteiger partial charge in [-0.2, -0.15) is 0 Å². The molecular formula is CH14P11-. The van der Waals surface area contributed by atoms with Gasteiger partial charge >= 0.3 is 0 Å². The Bertz CT molecular complexity index is 103. The Kier molecular flexibility index (Phi) is 11.1. The lowest BCUT2D eigenvalue weighted by Crippen LogP contribution is -1.99. The van der Waals surface area contributed by atoms with Crippen molar-refractivity contribution in [1.29, 1.82) is 0 Å². The summed E-state index contributed by atoms with van der Waals surface area (Å²) in [5.74, 6) is 0. The minimum Gasteiger partial charge on any atom is -0.491 e. The zero-order valence-corrected chi connectivity index (χ0v) is 18.0. The molecule has 0 saturated carbocycles. The van der Waals surface area contributed by atoms with E-state index in [-0.39, 0.29) is 21.9 Å². The summed E-state index contributed by atoms with van der Waals surface area (Å²) >= 11 is 0. The zero-order chi connectivity index (χ0) is 9.94. The third kappa shape index (κ3) is 4.19. The van der Waals surface area contributed by atoms with Gasteiger partial charge in [0, 0.05) is 0 Å². The van der Waals surface area contributed by atoms with Crippen LogP contribution >= 0.6 is 92.7 Å². The average molecular weight is 367 g/mol. The summed E-state index contributed by atoms with van der Waals surface area (Å²) in [7, 11) is 22.0. The van der Waals surface area contributed by atoms with Gasteiger partial charge in [-0.3, -0.25) is 8.93 Å². The predicted molar refractivity (Wildman–Crippen MR) is 98.4 cm³/mol. The standard InChI is InChI=1S/CH14P11/c2-9-1(10(3)4,11(5)6)12(7)8/h2-8H2/q-1. The minimum atomic E-state index is -0.0527. The highest BCUT2D eigenvalue weighted by molar-refractivity contribution is 8.67. The Morgan fingerprint density at radius 3 is 1.00 bits per heavy atom. The molecule has 0 N–H and O–H groups in total. The van der Waals surface area contributed by atoms with Crippen LogP contribution < -0.4 is 0 Å². The van der Waals surface area contributed by atoms with Crippen LogP contribution in [0.15, 0.2) is 0 Å². The first-order valence-electron chi connectivity index (χ1n) is 2.70. The van der Waals surface area contributed by atoms with Crippen molar-refractivity contribution in [2.45, 2.75) is 4.38 Å². The van der Waals surface area contributed by atoms with E-state index < -0.39 is 0 Å². The van der Waals surface area contributed by atoms with Gasteiger partial charge in [0.1, 0.15) is 0 Å². The Morgan fingerprint density at radius 1 is 0.750 bits per heavy atom. The van der Waals surface area contributed by atoms with Gasteiger partial charge in [0.15, 0.2) is 0 Å². The molecule has 0 aromatic rings. The van der Waals surface area contributed by atoms with E-state index in [1.807, 2.05) is 0 Å². The van der Waals surface area contributed by atoms with Crippen molar-refractivity contribution in [3.63, 3.8) is 0 Å². The topological polar surface area (TPSA) is 0 Å². The normalized spacial score (nSPS) is 14.5. The molecule has 0 heterocycles. The molecule has 0 aromatic heterocycles. The average Bonchev–Trinajstić information content (AvgIpc) is 1.86. The summed E-state index contributed by atoms with van der Waals surface area (Å²) in [4.78, 5) is 0. The molecule has 0 aromatic carbocycles. The Hall–Kier alpha value is 4.73. The molecular weight excluding hydrogens is 353 g/mol. The van der Waals surface area contributed by atoms with Crippen LogP contribution in [0.4, 0.5) is 0 Å². The molecule has 7 atom stereocenters. The first-order valence-corrected chi connectivity index (χ1v) is 18.9. The van der Waals surface area contributed by atoms with Crippen LogP contribution in [-0.4, -0.2) is 4.38 Å². The molecule has 0 aliphatic rings. The van der Waals surface area contributed by atoms with Gasteiger partial charge in [-0.15, -0.1) is 53.6 Å². The van der Waals surface area contributed by atoms with Crippen LogP contribution in [0.5, 0.6) is 0 Å². The molecule has 7 unspecified atom stereocenters. The van der Waals surface area contributed by atoms with Crippen LogP contribution in [0, 0.1) is 0 Å². The molecule has 0 radical (unpaired) electrons. The maximum absolute atomic E-state index is 2.97. The summed E-state index contributed by atoms with van der Waals surface area (Å²) < 4.78 is 0.449. The van der Waals surface area contributed by atoms with Gasteiger partial charge in [-0.1, -0.05) is 26.3 Å². The minimum absolute atomic E-state index is 0.0527. The summed E-state index contributed by atoms with van der Waals surface area (Å²) in [6.07, 6.45) is 0. The predicted octanol–water partition coefficient (Wildman–Crippen LogP) is 5.52. The van der Waals surface area contributed by atoms with Crippen molar-refractivity contribution in [1.82, 2.24) is 0 Å². The number of hydrogen-bond acceptors (Lipinski definition) is 0. The molecule has 74 valence electrons. The zero-order valence-electron chi connectivity index (χ0n) is 6.33. The van der Waals surface area contributed by atoms with Crippen LogP contribution in [0.2, 0.25) is 0 Å². The van der Waals surface area contributed by atoms with Crippen molar-refractivity contribution in [2.75, 3.05) is 0 Å². The van der Waals surface area contributed by atoms with Gasteiger partial charge in [0.05, 0.1) is 0 Å². The highest BCUT2D eigenvalue weighted by Crippen LogP contribution is 2.98. The lowest BCUT2D eigenvalue weighted by atomic mass is 11.8. The monoisotopic (exact) mass is 367 g/mol. The summed E-state index contributed by atoms with van der Waals surface area (Å²) in [6.45, 7) is 0. The van der Waals surface area contributed by atoms with Crippen molar-refractivity contribution in [3.05, 3.63) is 0 Å². The van der Waals surface area contributed by atoms with Crippen molar-refractivity contribution in [2.24, 2.45) is 0 Å². The van der Waals surface area contributed by atoms with Gasteiger partial charge in [-0.25, -0.2) is 0 Å². The molecule has 0 saturated heterocycles. The van der Waals surface area contributed by atoms with E-state index in [0.717, 1.165) is 0 Å². The van der Waals surface area contributed by atoms with E-state index in [1.54, 1.807) is 0 Å². The van der Waals surface area contributed by atoms with Gasteiger partial charge in [0.25, 0.3) is 0 Å². The smallest absolute Gasteiger partial charge is 0.0713 e.